The molecule has 0 bridgehead atoms. The lowest BCUT2D eigenvalue weighted by atomic mass is 10.1. The summed E-state index contributed by atoms with van der Waals surface area (Å²) in [4.78, 5) is 12.7. The average molecular weight is 259 g/mol. The van der Waals surface area contributed by atoms with Gasteiger partial charge < -0.3 is 4.98 Å². The third-order valence-corrected chi connectivity index (χ3v) is 3.50. The van der Waals surface area contributed by atoms with Gasteiger partial charge in [0.15, 0.2) is 0 Å². The summed E-state index contributed by atoms with van der Waals surface area (Å²) in [5.41, 5.74) is 5.08. The lowest BCUT2D eigenvalue weighted by molar-refractivity contribution is 1.25. The van der Waals surface area contributed by atoms with Crippen molar-refractivity contribution in [1.82, 2.24) is 15.0 Å². The summed E-state index contributed by atoms with van der Waals surface area (Å²) in [5.74, 6) is 0.870. The molecule has 96 valence electrons. The van der Waals surface area contributed by atoms with E-state index in [9.17, 15) is 0 Å². The summed E-state index contributed by atoms with van der Waals surface area (Å²) >= 11 is 0. The van der Waals surface area contributed by atoms with Gasteiger partial charge in [0.2, 0.25) is 0 Å². The molecule has 20 heavy (non-hydrogen) atoms. The van der Waals surface area contributed by atoms with Crippen molar-refractivity contribution in [3.63, 3.8) is 0 Å². The van der Waals surface area contributed by atoms with E-state index in [1.165, 1.54) is 0 Å². The Labute approximate surface area is 116 Å². The van der Waals surface area contributed by atoms with Crippen LogP contribution in [0.2, 0.25) is 0 Å². The number of fused-ring (bicyclic) bond motifs is 2. The number of hydrogen-bond donors (Lipinski definition) is 1. The summed E-state index contributed by atoms with van der Waals surface area (Å²) in [5, 5.41) is 1.13. The molecule has 1 N–H and O–H groups in total. The van der Waals surface area contributed by atoms with E-state index in [0.717, 1.165) is 39.0 Å². The molecule has 0 spiro atoms. The van der Waals surface area contributed by atoms with Gasteiger partial charge in [-0.15, -0.1) is 0 Å². The van der Waals surface area contributed by atoms with Gasteiger partial charge in [-0.2, -0.15) is 0 Å². The Kier molecular flexibility index (Phi) is 2.33. The second-order valence-electron chi connectivity index (χ2n) is 4.93. The molecule has 3 nitrogen and oxygen atoms in total. The number of hydrogen-bond acceptors (Lipinski definition) is 2. The first-order chi connectivity index (χ1) is 9.81. The minimum atomic E-state index is 0.870. The zero-order valence-electron chi connectivity index (χ0n) is 11.1. The maximum absolute atomic E-state index is 4.67. The molecule has 0 saturated heterocycles. The molecule has 0 atom stereocenters. The van der Waals surface area contributed by atoms with Gasteiger partial charge in [0.05, 0.1) is 16.6 Å². The fourth-order valence-corrected chi connectivity index (χ4v) is 2.52. The number of aromatic amines is 1. The standard InChI is InChI=1S/C17H13N3/c1-11-9-10-12-5-4-6-13(16(12)18-11)17-19-14-7-2-3-8-15(14)20-17/h2-10H,1H3,(H,19,20). The van der Waals surface area contributed by atoms with Gasteiger partial charge in [-0.3, -0.25) is 4.98 Å². The molecule has 4 aromatic rings. The van der Waals surface area contributed by atoms with E-state index < -0.39 is 0 Å². The van der Waals surface area contributed by atoms with Crippen LogP contribution in [0.15, 0.2) is 54.6 Å². The Bertz CT molecular complexity index is 889. The first-order valence-corrected chi connectivity index (χ1v) is 6.63. The number of H-pyrrole nitrogens is 1. The number of aromatic nitrogens is 3. The minimum Gasteiger partial charge on any atom is -0.338 e. The zero-order chi connectivity index (χ0) is 13.5. The maximum atomic E-state index is 4.67. The lowest BCUT2D eigenvalue weighted by Gasteiger charge is -2.04. The molecular formula is C17H13N3. The van der Waals surface area contributed by atoms with Crippen LogP contribution >= 0.6 is 0 Å². The Morgan fingerprint density at radius 1 is 0.850 bits per heavy atom. The topological polar surface area (TPSA) is 41.6 Å². The predicted molar refractivity (Wildman–Crippen MR) is 81.6 cm³/mol. The SMILES string of the molecule is Cc1ccc2cccc(-c3nc4ccccc4[nH]3)c2n1. The molecule has 0 fully saturated rings. The van der Waals surface area contributed by atoms with Gasteiger partial charge >= 0.3 is 0 Å². The highest BCUT2D eigenvalue weighted by molar-refractivity contribution is 5.93. The van der Waals surface area contributed by atoms with Crippen LogP contribution in [0.5, 0.6) is 0 Å². The van der Waals surface area contributed by atoms with Crippen molar-refractivity contribution in [2.45, 2.75) is 6.92 Å². The van der Waals surface area contributed by atoms with Crippen molar-refractivity contribution < 1.29 is 0 Å². The van der Waals surface area contributed by atoms with E-state index in [1.807, 2.05) is 43.3 Å². The summed E-state index contributed by atoms with van der Waals surface area (Å²) < 4.78 is 0. The molecule has 0 aliphatic heterocycles. The van der Waals surface area contributed by atoms with Crippen LogP contribution in [-0.2, 0) is 0 Å². The van der Waals surface area contributed by atoms with Crippen molar-refractivity contribution in [3.8, 4) is 11.4 Å². The Morgan fingerprint density at radius 3 is 2.65 bits per heavy atom. The number of para-hydroxylation sites is 3. The quantitative estimate of drug-likeness (QED) is 0.559. The second kappa shape index (κ2) is 4.17. The van der Waals surface area contributed by atoms with Gasteiger partial charge in [0.1, 0.15) is 5.82 Å². The molecule has 0 unspecified atom stereocenters. The molecule has 2 aromatic carbocycles. The number of nitrogens with one attached hydrogen (secondary N) is 1. The maximum Gasteiger partial charge on any atom is 0.140 e. The Morgan fingerprint density at radius 2 is 1.75 bits per heavy atom. The molecule has 2 aromatic heterocycles. The van der Waals surface area contributed by atoms with Gasteiger partial charge in [0.25, 0.3) is 0 Å². The normalized spacial score (nSPS) is 11.2. The predicted octanol–water partition coefficient (Wildman–Crippen LogP) is 4.09. The number of benzene rings is 2. The largest absolute Gasteiger partial charge is 0.338 e. The van der Waals surface area contributed by atoms with Gasteiger partial charge in [-0.25, -0.2) is 4.98 Å². The van der Waals surface area contributed by atoms with Crippen LogP contribution in [0, 0.1) is 6.92 Å². The van der Waals surface area contributed by atoms with Crippen molar-refractivity contribution >= 4 is 21.9 Å². The van der Waals surface area contributed by atoms with E-state index >= 15 is 0 Å². The fraction of sp³-hybridized carbons (Fsp3) is 0.0588. The van der Waals surface area contributed by atoms with E-state index in [4.69, 9.17) is 0 Å². The lowest BCUT2D eigenvalue weighted by Crippen LogP contribution is -1.88. The van der Waals surface area contributed by atoms with Crippen LogP contribution in [0.4, 0.5) is 0 Å². The molecule has 0 saturated carbocycles. The third kappa shape index (κ3) is 1.67. The van der Waals surface area contributed by atoms with Gasteiger partial charge in [0, 0.05) is 16.6 Å². The molecule has 4 rings (SSSR count). The van der Waals surface area contributed by atoms with Gasteiger partial charge in [-0.05, 0) is 31.2 Å². The van der Waals surface area contributed by atoms with E-state index in [1.54, 1.807) is 0 Å². The highest BCUT2D eigenvalue weighted by atomic mass is 14.9. The van der Waals surface area contributed by atoms with Crippen molar-refractivity contribution in [2.24, 2.45) is 0 Å². The second-order valence-corrected chi connectivity index (χ2v) is 4.93. The third-order valence-electron chi connectivity index (χ3n) is 3.50. The van der Waals surface area contributed by atoms with Crippen LogP contribution in [0.25, 0.3) is 33.3 Å². The van der Waals surface area contributed by atoms with E-state index in [2.05, 4.69) is 33.2 Å². The average Bonchev–Trinajstić information content (AvgIpc) is 2.90. The highest BCUT2D eigenvalue weighted by Gasteiger charge is 2.09. The number of nitrogens with zero attached hydrogens (tertiary/aromatic N) is 2. The molecule has 0 radical (unpaired) electrons. The van der Waals surface area contributed by atoms with E-state index in [-0.39, 0.29) is 0 Å². The number of aryl methyl sites for hydroxylation is 1. The highest BCUT2D eigenvalue weighted by Crippen LogP contribution is 2.27. The number of rotatable bonds is 1. The van der Waals surface area contributed by atoms with Crippen molar-refractivity contribution in [3.05, 3.63) is 60.3 Å². The van der Waals surface area contributed by atoms with Crippen molar-refractivity contribution in [2.75, 3.05) is 0 Å². The number of imidazole rings is 1. The Hall–Kier alpha value is -2.68. The summed E-state index contributed by atoms with van der Waals surface area (Å²) in [6.07, 6.45) is 0. The molecule has 0 aliphatic carbocycles. The molecular weight excluding hydrogens is 246 g/mol. The summed E-state index contributed by atoms with van der Waals surface area (Å²) in [6.45, 7) is 2.01. The summed E-state index contributed by atoms with van der Waals surface area (Å²) in [7, 11) is 0. The van der Waals surface area contributed by atoms with Crippen LogP contribution in [0.3, 0.4) is 0 Å². The van der Waals surface area contributed by atoms with Crippen molar-refractivity contribution in [1.29, 1.82) is 0 Å². The monoisotopic (exact) mass is 259 g/mol. The molecule has 0 aliphatic rings. The zero-order valence-corrected chi connectivity index (χ0v) is 11.1. The fourth-order valence-electron chi connectivity index (χ4n) is 2.52. The smallest absolute Gasteiger partial charge is 0.140 e. The van der Waals surface area contributed by atoms with Crippen LogP contribution in [0.1, 0.15) is 5.69 Å². The van der Waals surface area contributed by atoms with Crippen LogP contribution in [-0.4, -0.2) is 15.0 Å². The first kappa shape index (κ1) is 11.2. The van der Waals surface area contributed by atoms with Gasteiger partial charge in [-0.1, -0.05) is 30.3 Å². The first-order valence-electron chi connectivity index (χ1n) is 6.63. The number of pyridine rings is 1. The molecule has 0 amide bonds. The minimum absolute atomic E-state index is 0.870. The molecule has 3 heteroatoms. The summed E-state index contributed by atoms with van der Waals surface area (Å²) in [6, 6.07) is 18.4. The van der Waals surface area contributed by atoms with E-state index in [0.29, 0.717) is 0 Å². The molecule has 2 heterocycles. The van der Waals surface area contributed by atoms with Crippen LogP contribution < -0.4 is 0 Å². The Balaban J connectivity index is 2.03.